The molecular weight excluding hydrogens is 252 g/mol. The van der Waals surface area contributed by atoms with E-state index in [0.717, 1.165) is 12.8 Å². The fourth-order valence-electron chi connectivity index (χ4n) is 2.85. The summed E-state index contributed by atoms with van der Waals surface area (Å²) >= 11 is 0. The zero-order chi connectivity index (χ0) is 15.3. The Hall–Kier alpha value is -1.06. The molecule has 0 aromatic rings. The van der Waals surface area contributed by atoms with Crippen LogP contribution in [0, 0.1) is 5.92 Å². The van der Waals surface area contributed by atoms with E-state index in [4.69, 9.17) is 0 Å². The smallest absolute Gasteiger partial charge is 0.248 e. The molecule has 1 fully saturated rings. The molecular formula is C16H30N2O2. The average molecular weight is 282 g/mol. The van der Waals surface area contributed by atoms with Crippen LogP contribution in [0.15, 0.2) is 0 Å². The summed E-state index contributed by atoms with van der Waals surface area (Å²) in [6.45, 7) is 10.9. The van der Waals surface area contributed by atoms with Crippen LogP contribution >= 0.6 is 0 Å². The van der Waals surface area contributed by atoms with Crippen LogP contribution < -0.4 is 5.32 Å². The monoisotopic (exact) mass is 282 g/mol. The maximum absolute atomic E-state index is 12.7. The van der Waals surface area contributed by atoms with Crippen molar-refractivity contribution >= 4 is 11.8 Å². The van der Waals surface area contributed by atoms with E-state index in [1.165, 1.54) is 6.42 Å². The molecule has 1 N–H and O–H groups in total. The molecule has 0 radical (unpaired) electrons. The summed E-state index contributed by atoms with van der Waals surface area (Å²) < 4.78 is 0. The van der Waals surface area contributed by atoms with Gasteiger partial charge in [0.1, 0.15) is 11.6 Å². The third-order valence-corrected chi connectivity index (χ3v) is 4.52. The lowest BCUT2D eigenvalue weighted by Crippen LogP contribution is -2.69. The molecule has 1 heterocycles. The van der Waals surface area contributed by atoms with Gasteiger partial charge in [-0.1, -0.05) is 40.5 Å². The minimum absolute atomic E-state index is 0.0165. The number of hydrogen-bond acceptors (Lipinski definition) is 2. The third kappa shape index (κ3) is 3.53. The van der Waals surface area contributed by atoms with Gasteiger partial charge in [0.15, 0.2) is 0 Å². The molecule has 0 bridgehead atoms. The quantitative estimate of drug-likeness (QED) is 0.730. The SMILES string of the molecule is CCC1(CC)NC(=O)C(C)N(CCCCC(C)C)C1=O. The number of carbonyl (C=O) groups excluding carboxylic acids is 2. The Morgan fingerprint density at radius 3 is 2.30 bits per heavy atom. The number of rotatable bonds is 7. The molecule has 0 spiro atoms. The van der Waals surface area contributed by atoms with E-state index in [1.54, 1.807) is 4.90 Å². The first-order valence-corrected chi connectivity index (χ1v) is 8.01. The van der Waals surface area contributed by atoms with E-state index in [9.17, 15) is 9.59 Å². The summed E-state index contributed by atoms with van der Waals surface area (Å²) in [5, 5.41) is 2.94. The highest BCUT2D eigenvalue weighted by molar-refractivity contribution is 5.99. The second kappa shape index (κ2) is 7.09. The number of nitrogens with zero attached hydrogens (tertiary/aromatic N) is 1. The summed E-state index contributed by atoms with van der Waals surface area (Å²) in [4.78, 5) is 26.6. The van der Waals surface area contributed by atoms with Crippen LogP contribution in [0.4, 0.5) is 0 Å². The lowest BCUT2D eigenvalue weighted by atomic mass is 9.87. The molecule has 0 aromatic carbocycles. The summed E-state index contributed by atoms with van der Waals surface area (Å²) in [5.41, 5.74) is -0.679. The fourth-order valence-corrected chi connectivity index (χ4v) is 2.85. The molecule has 1 aliphatic heterocycles. The predicted molar refractivity (Wildman–Crippen MR) is 81.3 cm³/mol. The highest BCUT2D eigenvalue weighted by atomic mass is 16.2. The van der Waals surface area contributed by atoms with Gasteiger partial charge in [0, 0.05) is 6.54 Å². The predicted octanol–water partition coefficient (Wildman–Crippen LogP) is 2.72. The number of hydrogen-bond donors (Lipinski definition) is 1. The van der Waals surface area contributed by atoms with Gasteiger partial charge in [0.25, 0.3) is 0 Å². The Balaban J connectivity index is 2.71. The summed E-state index contributed by atoms with van der Waals surface area (Å²) in [7, 11) is 0. The molecule has 1 saturated heterocycles. The Labute approximate surface area is 123 Å². The van der Waals surface area contributed by atoms with Gasteiger partial charge >= 0.3 is 0 Å². The molecule has 1 atom stereocenters. The van der Waals surface area contributed by atoms with Crippen LogP contribution in [0.25, 0.3) is 0 Å². The summed E-state index contributed by atoms with van der Waals surface area (Å²) in [6, 6.07) is -0.340. The molecule has 116 valence electrons. The summed E-state index contributed by atoms with van der Waals surface area (Å²) in [6.07, 6.45) is 4.58. The maximum Gasteiger partial charge on any atom is 0.248 e. The number of piperazine rings is 1. The van der Waals surface area contributed by atoms with Gasteiger partial charge in [0.2, 0.25) is 11.8 Å². The molecule has 1 unspecified atom stereocenters. The van der Waals surface area contributed by atoms with Crippen LogP contribution in [0.1, 0.15) is 66.7 Å². The van der Waals surface area contributed by atoms with Gasteiger partial charge < -0.3 is 10.2 Å². The molecule has 0 aromatic heterocycles. The third-order valence-electron chi connectivity index (χ3n) is 4.52. The molecule has 4 heteroatoms. The minimum Gasteiger partial charge on any atom is -0.340 e. The van der Waals surface area contributed by atoms with Crippen LogP contribution in [0.2, 0.25) is 0 Å². The van der Waals surface area contributed by atoms with Crippen LogP contribution in [-0.4, -0.2) is 34.8 Å². The van der Waals surface area contributed by atoms with Crippen molar-refractivity contribution < 1.29 is 9.59 Å². The van der Waals surface area contributed by atoms with E-state index >= 15 is 0 Å². The maximum atomic E-state index is 12.7. The number of amides is 2. The second-order valence-corrected chi connectivity index (χ2v) is 6.34. The van der Waals surface area contributed by atoms with E-state index in [-0.39, 0.29) is 17.9 Å². The van der Waals surface area contributed by atoms with E-state index < -0.39 is 5.54 Å². The van der Waals surface area contributed by atoms with Gasteiger partial charge in [0.05, 0.1) is 0 Å². The summed E-state index contributed by atoms with van der Waals surface area (Å²) in [5.74, 6) is 0.773. The van der Waals surface area contributed by atoms with Gasteiger partial charge in [-0.3, -0.25) is 9.59 Å². The first-order valence-electron chi connectivity index (χ1n) is 8.01. The van der Waals surface area contributed by atoms with Crippen molar-refractivity contribution in [1.29, 1.82) is 0 Å². The first kappa shape index (κ1) is 17.0. The molecule has 2 amide bonds. The van der Waals surface area contributed by atoms with E-state index in [1.807, 2.05) is 20.8 Å². The van der Waals surface area contributed by atoms with E-state index in [2.05, 4.69) is 19.2 Å². The van der Waals surface area contributed by atoms with Crippen LogP contribution in [-0.2, 0) is 9.59 Å². The highest BCUT2D eigenvalue weighted by Gasteiger charge is 2.46. The Bertz CT molecular complexity index is 348. The zero-order valence-electron chi connectivity index (χ0n) is 13.7. The zero-order valence-corrected chi connectivity index (χ0v) is 13.7. The van der Waals surface area contributed by atoms with Gasteiger partial charge in [-0.05, 0) is 32.1 Å². The second-order valence-electron chi connectivity index (χ2n) is 6.34. The molecule has 1 rings (SSSR count). The largest absolute Gasteiger partial charge is 0.340 e. The Morgan fingerprint density at radius 2 is 1.80 bits per heavy atom. The molecule has 1 aliphatic rings. The Kier molecular flexibility index (Phi) is 6.03. The molecule has 0 aliphatic carbocycles. The molecule has 20 heavy (non-hydrogen) atoms. The van der Waals surface area contributed by atoms with Crippen molar-refractivity contribution in [2.45, 2.75) is 78.3 Å². The minimum atomic E-state index is -0.679. The van der Waals surface area contributed by atoms with Gasteiger partial charge in [-0.25, -0.2) is 0 Å². The van der Waals surface area contributed by atoms with Gasteiger partial charge in [-0.2, -0.15) is 0 Å². The van der Waals surface area contributed by atoms with Crippen LogP contribution in [0.3, 0.4) is 0 Å². The molecule has 4 nitrogen and oxygen atoms in total. The van der Waals surface area contributed by atoms with Crippen molar-refractivity contribution in [3.8, 4) is 0 Å². The van der Waals surface area contributed by atoms with Crippen LogP contribution in [0.5, 0.6) is 0 Å². The number of unbranched alkanes of at least 4 members (excludes halogenated alkanes) is 1. The van der Waals surface area contributed by atoms with Gasteiger partial charge in [-0.15, -0.1) is 0 Å². The average Bonchev–Trinajstić information content (AvgIpc) is 2.42. The lowest BCUT2D eigenvalue weighted by Gasteiger charge is -2.44. The molecule has 0 saturated carbocycles. The number of carbonyl (C=O) groups is 2. The lowest BCUT2D eigenvalue weighted by molar-refractivity contribution is -0.154. The van der Waals surface area contributed by atoms with Crippen molar-refractivity contribution in [2.75, 3.05) is 6.54 Å². The first-order chi connectivity index (χ1) is 9.38. The van der Waals surface area contributed by atoms with Crippen molar-refractivity contribution in [3.63, 3.8) is 0 Å². The van der Waals surface area contributed by atoms with Crippen molar-refractivity contribution in [1.82, 2.24) is 10.2 Å². The van der Waals surface area contributed by atoms with Crippen molar-refractivity contribution in [3.05, 3.63) is 0 Å². The van der Waals surface area contributed by atoms with Crippen molar-refractivity contribution in [2.24, 2.45) is 5.92 Å². The normalized spacial score (nSPS) is 22.3. The number of nitrogens with one attached hydrogen (secondary N) is 1. The highest BCUT2D eigenvalue weighted by Crippen LogP contribution is 2.25. The topological polar surface area (TPSA) is 49.4 Å². The Morgan fingerprint density at radius 1 is 1.20 bits per heavy atom. The van der Waals surface area contributed by atoms with E-state index in [0.29, 0.717) is 25.3 Å². The standard InChI is InChI=1S/C16H30N2O2/c1-6-16(7-2)15(20)18(13(5)14(19)17-16)11-9-8-10-12(3)4/h12-13H,6-11H2,1-5H3,(H,17,19). The fraction of sp³-hybridized carbons (Fsp3) is 0.875.